The number of hydrogen-bond donors (Lipinski definition) is 0. The van der Waals surface area contributed by atoms with E-state index < -0.39 is 0 Å². The van der Waals surface area contributed by atoms with Crippen molar-refractivity contribution in [2.75, 3.05) is 13.7 Å². The van der Waals surface area contributed by atoms with Gasteiger partial charge in [0, 0.05) is 10.0 Å². The highest BCUT2D eigenvalue weighted by Gasteiger charge is 2.14. The van der Waals surface area contributed by atoms with E-state index >= 15 is 0 Å². The van der Waals surface area contributed by atoms with Crippen LogP contribution >= 0.6 is 27.3 Å². The van der Waals surface area contributed by atoms with Crippen LogP contribution in [0.1, 0.15) is 19.4 Å². The second-order valence-corrected chi connectivity index (χ2v) is 9.00. The maximum atomic E-state index is 12.8. The van der Waals surface area contributed by atoms with Gasteiger partial charge >= 0.3 is 0 Å². The van der Waals surface area contributed by atoms with Crippen molar-refractivity contribution in [1.82, 2.24) is 14.6 Å². The van der Waals surface area contributed by atoms with E-state index in [1.165, 1.54) is 15.9 Å². The molecule has 0 saturated carbocycles. The first-order chi connectivity index (χ1) is 14.5. The second-order valence-electron chi connectivity index (χ2n) is 7.14. The molecule has 0 aliphatic heterocycles. The molecule has 0 atom stereocenters. The third kappa shape index (κ3) is 4.11. The Hall–Kier alpha value is -2.71. The molecule has 6 nitrogen and oxygen atoms in total. The Balaban J connectivity index is 1.70. The first-order valence-electron chi connectivity index (χ1n) is 9.43. The maximum absolute atomic E-state index is 12.8. The Kier molecular flexibility index (Phi) is 5.87. The van der Waals surface area contributed by atoms with Gasteiger partial charge in [0.25, 0.3) is 5.56 Å². The lowest BCUT2D eigenvalue weighted by Gasteiger charge is -2.12. The predicted molar refractivity (Wildman–Crippen MR) is 122 cm³/mol. The molecule has 0 radical (unpaired) electrons. The number of aromatic nitrogens is 3. The summed E-state index contributed by atoms with van der Waals surface area (Å²) in [5.74, 6) is 2.25. The van der Waals surface area contributed by atoms with Crippen molar-refractivity contribution in [3.8, 4) is 22.9 Å². The van der Waals surface area contributed by atoms with Crippen molar-refractivity contribution in [1.29, 1.82) is 0 Å². The van der Waals surface area contributed by atoms with Crippen molar-refractivity contribution in [3.63, 3.8) is 0 Å². The molecule has 2 aromatic carbocycles. The summed E-state index contributed by atoms with van der Waals surface area (Å²) < 4.78 is 14.0. The lowest BCUT2D eigenvalue weighted by molar-refractivity contribution is 0.257. The topological polar surface area (TPSA) is 65.7 Å². The normalized spacial score (nSPS) is 12.1. The number of nitrogens with zero attached hydrogens (tertiary/aromatic N) is 3. The Morgan fingerprint density at radius 3 is 2.70 bits per heavy atom. The molecule has 4 aromatic rings. The smallest absolute Gasteiger partial charge is 0.291 e. The van der Waals surface area contributed by atoms with Crippen LogP contribution in [0.15, 0.2) is 51.7 Å². The number of hydrogen-bond acceptors (Lipinski definition) is 6. The van der Waals surface area contributed by atoms with Gasteiger partial charge in [0.1, 0.15) is 0 Å². The Morgan fingerprint density at radius 1 is 1.20 bits per heavy atom. The Morgan fingerprint density at radius 2 is 2.00 bits per heavy atom. The molecule has 0 spiro atoms. The molecule has 0 unspecified atom stereocenters. The van der Waals surface area contributed by atoms with Crippen LogP contribution in [0.5, 0.6) is 11.5 Å². The molecule has 2 heterocycles. The highest BCUT2D eigenvalue weighted by atomic mass is 79.9. The molecular weight excluding hydrogens is 466 g/mol. The number of rotatable bonds is 6. The van der Waals surface area contributed by atoms with E-state index in [0.717, 1.165) is 15.6 Å². The monoisotopic (exact) mass is 485 g/mol. The van der Waals surface area contributed by atoms with Crippen LogP contribution in [0.4, 0.5) is 0 Å². The van der Waals surface area contributed by atoms with Crippen LogP contribution in [-0.2, 0) is 0 Å². The van der Waals surface area contributed by atoms with Gasteiger partial charge in [-0.3, -0.25) is 4.79 Å². The van der Waals surface area contributed by atoms with Gasteiger partial charge in [-0.2, -0.15) is 9.50 Å². The van der Waals surface area contributed by atoms with Gasteiger partial charge < -0.3 is 9.47 Å². The molecule has 8 heteroatoms. The standard InChI is InChI=1S/C22H20BrN3O3S/c1-13(2)12-29-17-9-8-14(10-18(17)28-3)11-19-21(27)26-22(30-19)24-20(25-26)15-6-4-5-7-16(15)23/h4-11,13H,12H2,1-3H3. The van der Waals surface area contributed by atoms with Crippen LogP contribution in [-0.4, -0.2) is 28.3 Å². The molecule has 0 bridgehead atoms. The summed E-state index contributed by atoms with van der Waals surface area (Å²) in [4.78, 5) is 17.9. The predicted octanol–water partition coefficient (Wildman–Crippen LogP) is 4.17. The summed E-state index contributed by atoms with van der Waals surface area (Å²) in [5.41, 5.74) is 1.50. The molecule has 0 aliphatic carbocycles. The molecule has 4 rings (SSSR count). The number of fused-ring (bicyclic) bond motifs is 1. The van der Waals surface area contributed by atoms with Gasteiger partial charge in [0.2, 0.25) is 4.96 Å². The minimum atomic E-state index is -0.195. The van der Waals surface area contributed by atoms with Crippen LogP contribution in [0.2, 0.25) is 0 Å². The molecule has 0 saturated heterocycles. The Bertz CT molecular complexity index is 1310. The summed E-state index contributed by atoms with van der Waals surface area (Å²) in [6, 6.07) is 13.3. The van der Waals surface area contributed by atoms with E-state index in [4.69, 9.17) is 9.47 Å². The number of ether oxygens (including phenoxy) is 2. The molecule has 0 amide bonds. The average Bonchev–Trinajstić information content (AvgIpc) is 3.26. The zero-order valence-corrected chi connectivity index (χ0v) is 19.2. The van der Waals surface area contributed by atoms with Gasteiger partial charge in [0.15, 0.2) is 17.3 Å². The molecule has 2 aromatic heterocycles. The van der Waals surface area contributed by atoms with Gasteiger partial charge in [-0.15, -0.1) is 5.10 Å². The van der Waals surface area contributed by atoms with Crippen molar-refractivity contribution < 1.29 is 9.47 Å². The zero-order valence-electron chi connectivity index (χ0n) is 16.8. The van der Waals surface area contributed by atoms with E-state index in [0.29, 0.717) is 39.3 Å². The quantitative estimate of drug-likeness (QED) is 0.409. The number of halogens is 1. The molecule has 0 N–H and O–H groups in total. The van der Waals surface area contributed by atoms with Gasteiger partial charge in [0.05, 0.1) is 18.2 Å². The maximum Gasteiger partial charge on any atom is 0.291 e. The number of thiazole rings is 1. The van der Waals surface area contributed by atoms with Crippen molar-refractivity contribution in [2.45, 2.75) is 13.8 Å². The number of methoxy groups -OCH3 is 1. The minimum Gasteiger partial charge on any atom is -0.493 e. The number of benzene rings is 2. The summed E-state index contributed by atoms with van der Waals surface area (Å²) in [5, 5.41) is 4.40. The van der Waals surface area contributed by atoms with Crippen LogP contribution in [0.25, 0.3) is 22.4 Å². The summed E-state index contributed by atoms with van der Waals surface area (Å²) in [6.45, 7) is 4.79. The van der Waals surface area contributed by atoms with Crippen molar-refractivity contribution >= 4 is 38.3 Å². The van der Waals surface area contributed by atoms with E-state index in [1.807, 2.05) is 48.5 Å². The molecular formula is C22H20BrN3O3S. The molecule has 0 fully saturated rings. The van der Waals surface area contributed by atoms with Crippen LogP contribution < -0.4 is 19.6 Å². The third-order valence-electron chi connectivity index (χ3n) is 4.35. The highest BCUT2D eigenvalue weighted by Crippen LogP contribution is 2.29. The molecule has 0 aliphatic rings. The third-order valence-corrected chi connectivity index (χ3v) is 6.00. The lowest BCUT2D eigenvalue weighted by Crippen LogP contribution is -2.23. The first kappa shape index (κ1) is 20.6. The fourth-order valence-corrected chi connectivity index (χ4v) is 4.26. The second kappa shape index (κ2) is 8.57. The summed E-state index contributed by atoms with van der Waals surface area (Å²) in [6.07, 6.45) is 1.82. The minimum absolute atomic E-state index is 0.195. The Labute approximate surface area is 185 Å². The van der Waals surface area contributed by atoms with E-state index in [1.54, 1.807) is 7.11 Å². The van der Waals surface area contributed by atoms with Crippen molar-refractivity contribution in [3.05, 3.63) is 67.4 Å². The summed E-state index contributed by atoms with van der Waals surface area (Å²) in [7, 11) is 1.60. The highest BCUT2D eigenvalue weighted by molar-refractivity contribution is 9.10. The van der Waals surface area contributed by atoms with E-state index in [-0.39, 0.29) is 5.56 Å². The SMILES string of the molecule is COc1cc(C=c2sc3nc(-c4ccccc4Br)nn3c2=O)ccc1OCC(C)C. The van der Waals surface area contributed by atoms with E-state index in [2.05, 4.69) is 39.9 Å². The lowest BCUT2D eigenvalue weighted by atomic mass is 10.2. The molecule has 30 heavy (non-hydrogen) atoms. The largest absolute Gasteiger partial charge is 0.493 e. The van der Waals surface area contributed by atoms with Crippen molar-refractivity contribution in [2.24, 2.45) is 5.92 Å². The van der Waals surface area contributed by atoms with Gasteiger partial charge in [-0.05, 0) is 41.8 Å². The molecule has 154 valence electrons. The van der Waals surface area contributed by atoms with Crippen LogP contribution in [0, 0.1) is 5.92 Å². The summed E-state index contributed by atoms with van der Waals surface area (Å²) >= 11 is 4.81. The van der Waals surface area contributed by atoms with Crippen LogP contribution in [0.3, 0.4) is 0 Å². The van der Waals surface area contributed by atoms with Gasteiger partial charge in [-0.1, -0.05) is 59.3 Å². The first-order valence-corrected chi connectivity index (χ1v) is 11.0. The van der Waals surface area contributed by atoms with E-state index in [9.17, 15) is 4.79 Å². The fraction of sp³-hybridized carbons (Fsp3) is 0.227. The van der Waals surface area contributed by atoms with Gasteiger partial charge in [-0.25, -0.2) is 0 Å². The zero-order chi connectivity index (χ0) is 21.3. The fourth-order valence-electron chi connectivity index (χ4n) is 2.89. The average molecular weight is 486 g/mol.